The first-order chi connectivity index (χ1) is 24.6. The summed E-state index contributed by atoms with van der Waals surface area (Å²) in [5, 5.41) is 15.2. The fourth-order valence-electron chi connectivity index (χ4n) is 7.33. The van der Waals surface area contributed by atoms with Crippen molar-refractivity contribution in [2.24, 2.45) is 11.8 Å². The molecule has 0 amide bonds. The van der Waals surface area contributed by atoms with Crippen LogP contribution in [0.2, 0.25) is 0 Å². The van der Waals surface area contributed by atoms with Gasteiger partial charge in [0.2, 0.25) is 10.0 Å². The Balaban J connectivity index is 1.40. The van der Waals surface area contributed by atoms with Crippen molar-refractivity contribution in [3.05, 3.63) is 59.2 Å². The van der Waals surface area contributed by atoms with Gasteiger partial charge in [-0.2, -0.15) is 4.31 Å². The van der Waals surface area contributed by atoms with Gasteiger partial charge in [0.1, 0.15) is 23.5 Å². The first-order valence-electron chi connectivity index (χ1n) is 18.1. The van der Waals surface area contributed by atoms with Gasteiger partial charge in [-0.15, -0.1) is 0 Å². The molecule has 0 spiro atoms. The highest BCUT2D eigenvalue weighted by atomic mass is 32.2. The molecule has 2 saturated heterocycles. The minimum absolute atomic E-state index is 0.0406. The van der Waals surface area contributed by atoms with E-state index in [4.69, 9.17) is 23.7 Å². The number of aliphatic hydroxyl groups is 1. The van der Waals surface area contributed by atoms with E-state index in [1.807, 2.05) is 6.92 Å². The van der Waals surface area contributed by atoms with E-state index in [-0.39, 0.29) is 55.0 Å². The topological polar surface area (TPSA) is 133 Å². The number of hydrogen-bond donors (Lipinski definition) is 2. The molecule has 0 saturated carbocycles. The number of halogens is 2. The number of carbonyl (C=O) groups is 1. The van der Waals surface area contributed by atoms with Crippen LogP contribution in [0.25, 0.3) is 0 Å². The molecule has 2 aromatic rings. The number of likely N-dealkylation sites (N-methyl/N-ethyl adjacent to an activating group) is 1. The second-order valence-corrected chi connectivity index (χ2v) is 15.6. The Bertz CT molecular complexity index is 1530. The lowest BCUT2D eigenvalue weighted by Gasteiger charge is -2.35. The fraction of sp³-hybridized carbons (Fsp3) is 0.649. The summed E-state index contributed by atoms with van der Waals surface area (Å²) < 4.78 is 87.4. The van der Waals surface area contributed by atoms with E-state index >= 15 is 0 Å². The van der Waals surface area contributed by atoms with Crippen LogP contribution >= 0.6 is 0 Å². The summed E-state index contributed by atoms with van der Waals surface area (Å²) >= 11 is 0. The number of benzene rings is 2. The summed E-state index contributed by atoms with van der Waals surface area (Å²) in [6.07, 6.45) is 2.81. The Labute approximate surface area is 300 Å². The number of β-amino-alcohol motifs (C(OH)–C–C–N with tert-alkyl or cyclic N) is 1. The first-order valence-corrected chi connectivity index (χ1v) is 19.6. The molecule has 2 aromatic carbocycles. The van der Waals surface area contributed by atoms with E-state index in [0.717, 1.165) is 50.3 Å². The predicted molar refractivity (Wildman–Crippen MR) is 184 cm³/mol. The van der Waals surface area contributed by atoms with Crippen molar-refractivity contribution in [2.75, 3.05) is 46.6 Å². The van der Waals surface area contributed by atoms with Crippen LogP contribution < -0.4 is 10.1 Å². The normalized spacial score (nSPS) is 25.9. The molecule has 11 nitrogen and oxygen atoms in total. The third-order valence-corrected chi connectivity index (χ3v) is 11.9. The van der Waals surface area contributed by atoms with Crippen molar-refractivity contribution in [3.63, 3.8) is 0 Å². The molecule has 3 aliphatic heterocycles. The van der Waals surface area contributed by atoms with Crippen LogP contribution in [0.15, 0.2) is 41.3 Å². The summed E-state index contributed by atoms with van der Waals surface area (Å²) in [4.78, 5) is 13.7. The number of methoxy groups -OCH3 is 1. The Kier molecular flexibility index (Phi) is 14.6. The highest BCUT2D eigenvalue weighted by Gasteiger charge is 2.47. The fourth-order valence-corrected chi connectivity index (χ4v) is 9.02. The largest absolute Gasteiger partial charge is 0.497 e. The van der Waals surface area contributed by atoms with E-state index in [1.54, 1.807) is 12.1 Å². The van der Waals surface area contributed by atoms with Crippen molar-refractivity contribution in [3.8, 4) is 5.75 Å². The number of esters is 1. The third kappa shape index (κ3) is 10.7. The number of sulfonamides is 1. The average molecular weight is 739 g/mol. The number of carbonyl (C=O) groups excluding carboxylic acids is 1. The van der Waals surface area contributed by atoms with E-state index in [2.05, 4.69) is 5.32 Å². The van der Waals surface area contributed by atoms with Crippen molar-refractivity contribution in [1.29, 1.82) is 0 Å². The Morgan fingerprint density at radius 3 is 2.53 bits per heavy atom. The molecule has 0 radical (unpaired) electrons. The summed E-state index contributed by atoms with van der Waals surface area (Å²) in [6.45, 7) is 3.78. The highest BCUT2D eigenvalue weighted by Crippen LogP contribution is 2.34. The molecule has 3 heterocycles. The quantitative estimate of drug-likeness (QED) is 0.312. The smallest absolute Gasteiger partial charge is 0.306 e. The van der Waals surface area contributed by atoms with Gasteiger partial charge < -0.3 is 34.1 Å². The SMILES string of the molecule is CCN[C@H]1CO[C@@H]2OCC[C@H](OC(=O)C[C@@H](Cc3cc(F)cc(F)c3)[C@H](O)CN3CCCCCCCCOCc4cc(OC)ccc4S3(=O)=O)[C@@H]21. The lowest BCUT2D eigenvalue weighted by Crippen LogP contribution is -2.49. The monoisotopic (exact) mass is 738 g/mol. The summed E-state index contributed by atoms with van der Waals surface area (Å²) in [5.74, 6) is -2.87. The molecule has 2 fully saturated rings. The lowest BCUT2D eigenvalue weighted by molar-refractivity contribution is -0.196. The van der Waals surface area contributed by atoms with Gasteiger partial charge in [-0.1, -0.05) is 32.6 Å². The molecule has 2 N–H and O–H groups in total. The number of nitrogens with zero attached hydrogens (tertiary/aromatic N) is 1. The molecular formula is C37H52F2N2O9S. The third-order valence-electron chi connectivity index (χ3n) is 9.96. The molecule has 0 bridgehead atoms. The van der Waals surface area contributed by atoms with Gasteiger partial charge in [0.15, 0.2) is 6.29 Å². The maximum Gasteiger partial charge on any atom is 0.306 e. The van der Waals surface area contributed by atoms with Gasteiger partial charge in [0.05, 0.1) is 50.3 Å². The van der Waals surface area contributed by atoms with E-state index < -0.39 is 52.0 Å². The zero-order chi connectivity index (χ0) is 36.4. The number of nitrogens with one attached hydrogen (secondary N) is 1. The maximum atomic E-state index is 14.4. The number of rotatable bonds is 11. The van der Waals surface area contributed by atoms with E-state index in [1.165, 1.54) is 17.5 Å². The van der Waals surface area contributed by atoms with Crippen LogP contribution in [-0.4, -0.2) is 94.9 Å². The summed E-state index contributed by atoms with van der Waals surface area (Å²) in [7, 11) is -2.68. The number of hydrogen-bond acceptors (Lipinski definition) is 10. The lowest BCUT2D eigenvalue weighted by atomic mass is 9.89. The van der Waals surface area contributed by atoms with Gasteiger partial charge >= 0.3 is 5.97 Å². The van der Waals surface area contributed by atoms with Gasteiger partial charge in [-0.25, -0.2) is 17.2 Å². The average Bonchev–Trinajstić information content (AvgIpc) is 3.51. The van der Waals surface area contributed by atoms with E-state index in [0.29, 0.717) is 50.5 Å². The zero-order valence-corrected chi connectivity index (χ0v) is 30.4. The number of fused-ring (bicyclic) bond motifs is 2. The van der Waals surface area contributed by atoms with Crippen molar-refractivity contribution < 1.29 is 50.8 Å². The van der Waals surface area contributed by atoms with Crippen molar-refractivity contribution in [2.45, 2.75) is 101 Å². The molecule has 284 valence electrons. The van der Waals surface area contributed by atoms with Crippen LogP contribution in [0.3, 0.4) is 0 Å². The summed E-state index contributed by atoms with van der Waals surface area (Å²) in [6, 6.07) is 7.67. The second kappa shape index (κ2) is 18.9. The molecule has 51 heavy (non-hydrogen) atoms. The van der Waals surface area contributed by atoms with Gasteiger partial charge in [0, 0.05) is 49.7 Å². The highest BCUT2D eigenvalue weighted by molar-refractivity contribution is 7.89. The Morgan fingerprint density at radius 2 is 1.78 bits per heavy atom. The number of aliphatic hydroxyl groups excluding tert-OH is 1. The van der Waals surface area contributed by atoms with Gasteiger partial charge in [-0.05, 0) is 61.7 Å². The molecule has 5 rings (SSSR count). The van der Waals surface area contributed by atoms with Gasteiger partial charge in [0.25, 0.3) is 0 Å². The molecule has 0 unspecified atom stereocenters. The van der Waals surface area contributed by atoms with Crippen LogP contribution in [0.5, 0.6) is 5.75 Å². The second-order valence-electron chi connectivity index (χ2n) is 13.7. The minimum Gasteiger partial charge on any atom is -0.497 e. The summed E-state index contributed by atoms with van der Waals surface area (Å²) in [5.41, 5.74) is 0.660. The molecule has 0 aliphatic carbocycles. The zero-order valence-electron chi connectivity index (χ0n) is 29.6. The Hall–Kier alpha value is -2.72. The van der Waals surface area contributed by atoms with Crippen LogP contribution in [0.4, 0.5) is 8.78 Å². The Morgan fingerprint density at radius 1 is 1.04 bits per heavy atom. The number of ether oxygens (including phenoxy) is 5. The van der Waals surface area contributed by atoms with Crippen molar-refractivity contribution in [1.82, 2.24) is 9.62 Å². The van der Waals surface area contributed by atoms with Gasteiger partial charge in [-0.3, -0.25) is 4.79 Å². The maximum absolute atomic E-state index is 14.4. The molecule has 0 aromatic heterocycles. The predicted octanol–water partition coefficient (Wildman–Crippen LogP) is 4.73. The van der Waals surface area contributed by atoms with Crippen LogP contribution in [-0.2, 0) is 46.8 Å². The standard InChI is InChI=1S/C37H52F2N2O9S/c1-3-40-31-24-49-37-36(31)33(12-15-48-37)50-35(43)20-26(16-25-17-28(38)21-29(39)18-25)32(42)22-41-13-8-6-4-5-7-9-14-47-23-27-19-30(46-2)10-11-34(27)51(41,44)45/h10-11,17-19,21,26,31-33,36-37,40,42H,3-9,12-16,20,22-24H2,1-2H3/t26-,31+,32-,33+,36+,37+/m1/s1. The molecule has 14 heteroatoms. The molecular weight excluding hydrogens is 686 g/mol. The minimum atomic E-state index is -4.18. The van der Waals surface area contributed by atoms with Crippen LogP contribution in [0, 0.1) is 23.5 Å². The van der Waals surface area contributed by atoms with E-state index in [9.17, 15) is 27.1 Å². The van der Waals surface area contributed by atoms with Crippen molar-refractivity contribution >= 4 is 16.0 Å². The molecule has 6 atom stereocenters. The molecule has 3 aliphatic rings. The first kappa shape index (κ1) is 39.5. The van der Waals surface area contributed by atoms with Crippen LogP contribution in [0.1, 0.15) is 69.4 Å².